The predicted octanol–water partition coefficient (Wildman–Crippen LogP) is 3.25. The summed E-state index contributed by atoms with van der Waals surface area (Å²) in [6.45, 7) is 6.28. The summed E-state index contributed by atoms with van der Waals surface area (Å²) < 4.78 is 5.26. The van der Waals surface area contributed by atoms with E-state index in [2.05, 4.69) is 41.1 Å². The van der Waals surface area contributed by atoms with Gasteiger partial charge in [-0.25, -0.2) is 5.10 Å². The number of rotatable bonds is 4. The van der Waals surface area contributed by atoms with Crippen LogP contribution in [0.15, 0.2) is 28.7 Å². The van der Waals surface area contributed by atoms with E-state index in [1.54, 1.807) is 0 Å². The topological polar surface area (TPSA) is 45.1 Å². The number of nitrogens with zero attached hydrogens (tertiary/aromatic N) is 2. The van der Waals surface area contributed by atoms with E-state index in [0.717, 1.165) is 18.7 Å². The van der Waals surface area contributed by atoms with Gasteiger partial charge in [-0.2, -0.15) is 0 Å². The molecule has 0 bridgehead atoms. The molecule has 5 heteroatoms. The van der Waals surface area contributed by atoms with Gasteiger partial charge in [0.15, 0.2) is 0 Å². The number of nitrogens with one attached hydrogen (secondary N) is 1. The molecule has 0 amide bonds. The van der Waals surface area contributed by atoms with Crippen molar-refractivity contribution >= 4 is 17.9 Å². The lowest BCUT2D eigenvalue weighted by atomic mass is 10.2. The third-order valence-electron chi connectivity index (χ3n) is 2.68. The molecule has 0 atom stereocenters. The molecule has 0 saturated heterocycles. The Balaban J connectivity index is 2.26. The number of anilines is 1. The monoisotopic (exact) mass is 249 g/mol. The molecule has 0 aliphatic heterocycles. The van der Waals surface area contributed by atoms with Gasteiger partial charge < -0.3 is 9.32 Å². The number of aromatic nitrogens is 2. The summed E-state index contributed by atoms with van der Waals surface area (Å²) in [6.07, 6.45) is 0. The van der Waals surface area contributed by atoms with Crippen molar-refractivity contribution in [3.8, 4) is 11.5 Å². The lowest BCUT2D eigenvalue weighted by molar-refractivity contribution is 0.552. The molecule has 0 spiro atoms. The molecule has 0 fully saturated rings. The van der Waals surface area contributed by atoms with Crippen LogP contribution in [0.1, 0.15) is 13.8 Å². The molecule has 0 aliphatic rings. The van der Waals surface area contributed by atoms with Crippen molar-refractivity contribution < 1.29 is 4.42 Å². The highest BCUT2D eigenvalue weighted by atomic mass is 32.1. The summed E-state index contributed by atoms with van der Waals surface area (Å²) in [7, 11) is 0. The summed E-state index contributed by atoms with van der Waals surface area (Å²) in [4.78, 5) is 2.58. The van der Waals surface area contributed by atoms with Crippen molar-refractivity contribution in [1.29, 1.82) is 0 Å². The van der Waals surface area contributed by atoms with Gasteiger partial charge in [0.1, 0.15) is 0 Å². The Morgan fingerprint density at radius 3 is 2.35 bits per heavy atom. The van der Waals surface area contributed by atoms with Crippen LogP contribution in [-0.2, 0) is 0 Å². The van der Waals surface area contributed by atoms with Crippen molar-refractivity contribution in [2.24, 2.45) is 0 Å². The van der Waals surface area contributed by atoms with Gasteiger partial charge in [0.25, 0.3) is 4.84 Å². The molecule has 1 aromatic carbocycles. The fourth-order valence-corrected chi connectivity index (χ4v) is 1.88. The maximum absolute atomic E-state index is 5.26. The van der Waals surface area contributed by atoms with Crippen LogP contribution in [0, 0.1) is 4.84 Å². The molecule has 0 aliphatic carbocycles. The molecule has 17 heavy (non-hydrogen) atoms. The normalized spacial score (nSPS) is 10.5. The number of aromatic amines is 1. The molecule has 0 unspecified atom stereocenters. The molecule has 2 aromatic rings. The van der Waals surface area contributed by atoms with Crippen LogP contribution in [0.5, 0.6) is 0 Å². The second-order valence-electron chi connectivity index (χ2n) is 3.64. The first-order chi connectivity index (χ1) is 8.24. The minimum Gasteiger partial charge on any atom is -0.409 e. The summed E-state index contributed by atoms with van der Waals surface area (Å²) in [5.41, 5.74) is 2.13. The Morgan fingerprint density at radius 1 is 1.24 bits per heavy atom. The molecular weight excluding hydrogens is 234 g/mol. The van der Waals surface area contributed by atoms with E-state index >= 15 is 0 Å². The lowest BCUT2D eigenvalue weighted by Gasteiger charge is -2.20. The van der Waals surface area contributed by atoms with E-state index in [9.17, 15) is 0 Å². The van der Waals surface area contributed by atoms with E-state index in [0.29, 0.717) is 10.7 Å². The number of hydrogen-bond acceptors (Lipinski definition) is 4. The highest BCUT2D eigenvalue weighted by Crippen LogP contribution is 2.21. The first-order valence-electron chi connectivity index (χ1n) is 5.65. The van der Waals surface area contributed by atoms with Crippen molar-refractivity contribution in [1.82, 2.24) is 10.2 Å². The molecule has 2 rings (SSSR count). The Labute approximate surface area is 105 Å². The largest absolute Gasteiger partial charge is 0.409 e. The van der Waals surface area contributed by atoms with Gasteiger partial charge in [-0.1, -0.05) is 0 Å². The van der Waals surface area contributed by atoms with Crippen LogP contribution in [-0.4, -0.2) is 23.3 Å². The van der Waals surface area contributed by atoms with Gasteiger partial charge in [0.2, 0.25) is 5.89 Å². The Bertz CT molecular complexity index is 525. The van der Waals surface area contributed by atoms with Gasteiger partial charge in [0, 0.05) is 24.3 Å². The van der Waals surface area contributed by atoms with Crippen LogP contribution < -0.4 is 4.90 Å². The van der Waals surface area contributed by atoms with E-state index in [-0.39, 0.29) is 0 Å². The van der Waals surface area contributed by atoms with E-state index in [4.69, 9.17) is 16.6 Å². The standard InChI is InChI=1S/C12H15N3OS/c1-3-15(4-2)10-7-5-9(6-8-10)11-13-14-12(17)16-11/h5-8H,3-4H2,1-2H3,(H,14,17). The van der Waals surface area contributed by atoms with Gasteiger partial charge in [-0.15, -0.1) is 5.10 Å². The maximum Gasteiger partial charge on any atom is 0.284 e. The number of hydrogen-bond donors (Lipinski definition) is 1. The maximum atomic E-state index is 5.26. The Kier molecular flexibility index (Phi) is 3.58. The van der Waals surface area contributed by atoms with Crippen LogP contribution >= 0.6 is 12.2 Å². The highest BCUT2D eigenvalue weighted by molar-refractivity contribution is 7.71. The average molecular weight is 249 g/mol. The van der Waals surface area contributed by atoms with E-state index in [1.165, 1.54) is 5.69 Å². The van der Waals surface area contributed by atoms with Crippen molar-refractivity contribution in [2.75, 3.05) is 18.0 Å². The fraction of sp³-hybridized carbons (Fsp3) is 0.333. The third-order valence-corrected chi connectivity index (χ3v) is 2.86. The number of H-pyrrole nitrogens is 1. The second-order valence-corrected chi connectivity index (χ2v) is 4.01. The SMILES string of the molecule is CCN(CC)c1ccc(-c2n[nH]c(=S)o2)cc1. The van der Waals surface area contributed by atoms with Gasteiger partial charge in [0.05, 0.1) is 0 Å². The zero-order valence-electron chi connectivity index (χ0n) is 9.93. The minimum absolute atomic E-state index is 0.299. The van der Waals surface area contributed by atoms with Gasteiger partial charge in [-0.05, 0) is 50.3 Å². The molecular formula is C12H15N3OS. The van der Waals surface area contributed by atoms with Gasteiger partial charge in [-0.3, -0.25) is 0 Å². The fourth-order valence-electron chi connectivity index (χ4n) is 1.76. The van der Waals surface area contributed by atoms with Crippen LogP contribution in [0.2, 0.25) is 0 Å². The molecule has 1 N–H and O–H groups in total. The highest BCUT2D eigenvalue weighted by Gasteiger charge is 2.05. The summed E-state index contributed by atoms with van der Waals surface area (Å²) in [6, 6.07) is 8.11. The molecule has 90 valence electrons. The molecule has 1 heterocycles. The van der Waals surface area contributed by atoms with Crippen molar-refractivity contribution in [3.63, 3.8) is 0 Å². The second kappa shape index (κ2) is 5.14. The Hall–Kier alpha value is -1.62. The zero-order valence-corrected chi connectivity index (χ0v) is 10.8. The number of benzene rings is 1. The Morgan fingerprint density at radius 2 is 1.88 bits per heavy atom. The van der Waals surface area contributed by atoms with Crippen molar-refractivity contribution in [3.05, 3.63) is 29.1 Å². The lowest BCUT2D eigenvalue weighted by Crippen LogP contribution is -2.21. The summed E-state index contributed by atoms with van der Waals surface area (Å²) >= 11 is 4.84. The average Bonchev–Trinajstić information content (AvgIpc) is 2.78. The van der Waals surface area contributed by atoms with Crippen LogP contribution in [0.4, 0.5) is 5.69 Å². The summed E-state index contributed by atoms with van der Waals surface area (Å²) in [5.74, 6) is 0.529. The molecule has 0 radical (unpaired) electrons. The van der Waals surface area contributed by atoms with Gasteiger partial charge >= 0.3 is 0 Å². The summed E-state index contributed by atoms with van der Waals surface area (Å²) in [5, 5.41) is 6.61. The zero-order chi connectivity index (χ0) is 12.3. The molecule has 4 nitrogen and oxygen atoms in total. The predicted molar refractivity (Wildman–Crippen MR) is 70.7 cm³/mol. The minimum atomic E-state index is 0.299. The third kappa shape index (κ3) is 2.55. The molecule has 0 saturated carbocycles. The smallest absolute Gasteiger partial charge is 0.284 e. The van der Waals surface area contributed by atoms with Crippen molar-refractivity contribution in [2.45, 2.75) is 13.8 Å². The van der Waals surface area contributed by atoms with E-state index in [1.807, 2.05) is 12.1 Å². The van der Waals surface area contributed by atoms with Crippen LogP contribution in [0.25, 0.3) is 11.5 Å². The first kappa shape index (κ1) is 11.9. The quantitative estimate of drug-likeness (QED) is 0.845. The van der Waals surface area contributed by atoms with E-state index < -0.39 is 0 Å². The first-order valence-corrected chi connectivity index (χ1v) is 6.06. The van der Waals surface area contributed by atoms with Crippen LogP contribution in [0.3, 0.4) is 0 Å². The molecule has 1 aromatic heterocycles.